The number of morpholine rings is 1. The molecular weight excluding hydrogens is 277 g/mol. The van der Waals surface area contributed by atoms with Gasteiger partial charge < -0.3 is 14.4 Å². The van der Waals surface area contributed by atoms with Crippen molar-refractivity contribution in [3.05, 3.63) is 30.3 Å². The molecule has 1 aromatic heterocycles. The van der Waals surface area contributed by atoms with Crippen molar-refractivity contribution in [3.63, 3.8) is 0 Å². The van der Waals surface area contributed by atoms with Gasteiger partial charge in [-0.15, -0.1) is 0 Å². The predicted octanol–water partition coefficient (Wildman–Crippen LogP) is 1.15. The highest BCUT2D eigenvalue weighted by Gasteiger charge is 2.29. The largest absolute Gasteiger partial charge is 0.467 e. The summed E-state index contributed by atoms with van der Waals surface area (Å²) in [6.45, 7) is 1.26. The van der Waals surface area contributed by atoms with Crippen molar-refractivity contribution in [3.8, 4) is 0 Å². The molecule has 1 unspecified atom stereocenters. The van der Waals surface area contributed by atoms with E-state index in [1.54, 1.807) is 12.1 Å². The Morgan fingerprint density at radius 2 is 2.33 bits per heavy atom. The van der Waals surface area contributed by atoms with Crippen LogP contribution in [0.4, 0.5) is 10.2 Å². The summed E-state index contributed by atoms with van der Waals surface area (Å²) < 4.78 is 23.9. The molecule has 2 heterocycles. The first-order valence-electron chi connectivity index (χ1n) is 6.54. The number of halogens is 1. The molecule has 6 nitrogen and oxygen atoms in total. The van der Waals surface area contributed by atoms with E-state index in [-0.39, 0.29) is 5.52 Å². The highest BCUT2D eigenvalue weighted by molar-refractivity contribution is 5.90. The van der Waals surface area contributed by atoms with Crippen LogP contribution in [-0.4, -0.2) is 48.8 Å². The van der Waals surface area contributed by atoms with Gasteiger partial charge in [0.15, 0.2) is 6.10 Å². The maximum Gasteiger partial charge on any atom is 0.336 e. The number of anilines is 1. The van der Waals surface area contributed by atoms with Crippen molar-refractivity contribution in [1.29, 1.82) is 0 Å². The van der Waals surface area contributed by atoms with E-state index in [2.05, 4.69) is 9.97 Å². The Kier molecular flexibility index (Phi) is 3.66. The quantitative estimate of drug-likeness (QED) is 0.773. The molecule has 0 saturated carbocycles. The van der Waals surface area contributed by atoms with E-state index in [1.807, 2.05) is 4.90 Å². The number of nitrogens with zero attached hydrogens (tertiary/aromatic N) is 3. The van der Waals surface area contributed by atoms with E-state index < -0.39 is 17.9 Å². The Morgan fingerprint density at radius 3 is 3.14 bits per heavy atom. The molecule has 1 aliphatic rings. The van der Waals surface area contributed by atoms with Gasteiger partial charge in [0.25, 0.3) is 0 Å². The number of para-hydroxylation sites is 1. The topological polar surface area (TPSA) is 64.5 Å². The summed E-state index contributed by atoms with van der Waals surface area (Å²) in [5.41, 5.74) is 0.267. The van der Waals surface area contributed by atoms with Crippen LogP contribution >= 0.6 is 0 Å². The summed E-state index contributed by atoms with van der Waals surface area (Å²) in [7, 11) is 1.32. The average Bonchev–Trinajstić information content (AvgIpc) is 2.54. The number of benzene rings is 1. The number of carbonyl (C=O) groups excluding carboxylic acids is 1. The summed E-state index contributed by atoms with van der Waals surface area (Å²) in [4.78, 5) is 21.7. The summed E-state index contributed by atoms with van der Waals surface area (Å²) in [6, 6.07) is 4.73. The molecule has 1 aromatic carbocycles. The molecule has 1 fully saturated rings. The molecule has 110 valence electrons. The Hall–Kier alpha value is -2.28. The molecular formula is C14H14FN3O3. The monoisotopic (exact) mass is 291 g/mol. The first-order valence-corrected chi connectivity index (χ1v) is 6.54. The normalized spacial score (nSPS) is 18.8. The van der Waals surface area contributed by atoms with E-state index >= 15 is 0 Å². The average molecular weight is 291 g/mol. The standard InChI is InChI=1S/C14H14FN3O3/c1-20-14(19)11-7-18(5-6-21-11)13-9-3-2-4-10(15)12(9)16-8-17-13/h2-4,8,11H,5-7H2,1H3. The minimum Gasteiger partial charge on any atom is -0.467 e. The van der Waals surface area contributed by atoms with E-state index in [9.17, 15) is 9.18 Å². The second-order valence-electron chi connectivity index (χ2n) is 4.66. The second kappa shape index (κ2) is 5.61. The third-order valence-electron chi connectivity index (χ3n) is 3.42. The van der Waals surface area contributed by atoms with Crippen LogP contribution in [0, 0.1) is 5.82 Å². The predicted molar refractivity (Wildman–Crippen MR) is 73.5 cm³/mol. The van der Waals surface area contributed by atoms with Gasteiger partial charge in [0.2, 0.25) is 0 Å². The van der Waals surface area contributed by atoms with Crippen molar-refractivity contribution in [2.24, 2.45) is 0 Å². The Balaban J connectivity index is 1.97. The van der Waals surface area contributed by atoms with Crippen molar-refractivity contribution in [2.45, 2.75) is 6.10 Å². The molecule has 0 radical (unpaired) electrons. The highest BCUT2D eigenvalue weighted by Crippen LogP contribution is 2.26. The first kappa shape index (κ1) is 13.7. The summed E-state index contributed by atoms with van der Waals surface area (Å²) in [6.07, 6.45) is 0.658. The van der Waals surface area contributed by atoms with E-state index in [1.165, 1.54) is 19.5 Å². The van der Waals surface area contributed by atoms with Crippen LogP contribution in [-0.2, 0) is 14.3 Å². The van der Waals surface area contributed by atoms with Gasteiger partial charge in [-0.3, -0.25) is 0 Å². The third-order valence-corrected chi connectivity index (χ3v) is 3.42. The zero-order valence-corrected chi connectivity index (χ0v) is 11.5. The van der Waals surface area contributed by atoms with E-state index in [0.29, 0.717) is 30.9 Å². The van der Waals surface area contributed by atoms with Crippen LogP contribution in [0.15, 0.2) is 24.5 Å². The van der Waals surface area contributed by atoms with Crippen LogP contribution in [0.3, 0.4) is 0 Å². The molecule has 0 bridgehead atoms. The lowest BCUT2D eigenvalue weighted by atomic mass is 10.2. The smallest absolute Gasteiger partial charge is 0.336 e. The van der Waals surface area contributed by atoms with Gasteiger partial charge in [-0.05, 0) is 12.1 Å². The number of esters is 1. The van der Waals surface area contributed by atoms with Gasteiger partial charge in [0.05, 0.1) is 20.3 Å². The highest BCUT2D eigenvalue weighted by atomic mass is 19.1. The zero-order chi connectivity index (χ0) is 14.8. The number of ether oxygens (including phenoxy) is 2. The van der Waals surface area contributed by atoms with Crippen molar-refractivity contribution >= 4 is 22.7 Å². The van der Waals surface area contributed by atoms with E-state index in [0.717, 1.165) is 0 Å². The van der Waals surface area contributed by atoms with Crippen LogP contribution in [0.25, 0.3) is 10.9 Å². The minimum absolute atomic E-state index is 0.267. The number of hydrogen-bond acceptors (Lipinski definition) is 6. The molecule has 0 aliphatic carbocycles. The van der Waals surface area contributed by atoms with Crippen molar-refractivity contribution < 1.29 is 18.7 Å². The lowest BCUT2D eigenvalue weighted by molar-refractivity contribution is -0.154. The lowest BCUT2D eigenvalue weighted by Crippen LogP contribution is -2.47. The molecule has 1 saturated heterocycles. The first-order chi connectivity index (χ1) is 10.2. The fourth-order valence-electron chi connectivity index (χ4n) is 2.41. The number of aromatic nitrogens is 2. The molecule has 2 aromatic rings. The molecule has 1 aliphatic heterocycles. The molecule has 21 heavy (non-hydrogen) atoms. The van der Waals surface area contributed by atoms with Gasteiger partial charge in [-0.25, -0.2) is 19.2 Å². The van der Waals surface area contributed by atoms with Gasteiger partial charge in [0, 0.05) is 11.9 Å². The number of carbonyl (C=O) groups is 1. The molecule has 7 heteroatoms. The minimum atomic E-state index is -0.665. The number of hydrogen-bond donors (Lipinski definition) is 0. The van der Waals surface area contributed by atoms with Gasteiger partial charge in [-0.2, -0.15) is 0 Å². The fraction of sp³-hybridized carbons (Fsp3) is 0.357. The maximum atomic E-state index is 13.8. The summed E-state index contributed by atoms with van der Waals surface area (Å²) in [5, 5.41) is 0.614. The van der Waals surface area contributed by atoms with Gasteiger partial charge in [0.1, 0.15) is 23.5 Å². The van der Waals surface area contributed by atoms with Gasteiger partial charge in [-0.1, -0.05) is 6.07 Å². The molecule has 0 amide bonds. The fourth-order valence-corrected chi connectivity index (χ4v) is 2.41. The SMILES string of the molecule is COC(=O)C1CN(c2ncnc3c(F)cccc23)CCO1. The number of rotatable bonds is 2. The Morgan fingerprint density at radius 1 is 1.48 bits per heavy atom. The Bertz CT molecular complexity index is 680. The van der Waals surface area contributed by atoms with Crippen LogP contribution in [0.1, 0.15) is 0 Å². The van der Waals surface area contributed by atoms with Crippen LogP contribution in [0.5, 0.6) is 0 Å². The van der Waals surface area contributed by atoms with Gasteiger partial charge >= 0.3 is 5.97 Å². The molecule has 0 spiro atoms. The molecule has 3 rings (SSSR count). The molecule has 1 atom stereocenters. The Labute approximate surface area is 120 Å². The molecule has 0 N–H and O–H groups in total. The summed E-state index contributed by atoms with van der Waals surface area (Å²) >= 11 is 0. The van der Waals surface area contributed by atoms with Crippen molar-refractivity contribution in [1.82, 2.24) is 9.97 Å². The van der Waals surface area contributed by atoms with Crippen molar-refractivity contribution in [2.75, 3.05) is 31.7 Å². The van der Waals surface area contributed by atoms with Crippen LogP contribution < -0.4 is 4.90 Å². The lowest BCUT2D eigenvalue weighted by Gasteiger charge is -2.32. The second-order valence-corrected chi connectivity index (χ2v) is 4.66. The number of methoxy groups -OCH3 is 1. The number of fused-ring (bicyclic) bond motifs is 1. The maximum absolute atomic E-state index is 13.8. The van der Waals surface area contributed by atoms with E-state index in [4.69, 9.17) is 9.47 Å². The third kappa shape index (κ3) is 2.52. The summed E-state index contributed by atoms with van der Waals surface area (Å²) in [5.74, 6) is -0.227. The van der Waals surface area contributed by atoms with Crippen LogP contribution in [0.2, 0.25) is 0 Å². The zero-order valence-electron chi connectivity index (χ0n) is 11.5.